The predicted molar refractivity (Wildman–Crippen MR) is 364 cm³/mol. The summed E-state index contributed by atoms with van der Waals surface area (Å²) in [5.74, 6) is 1.36. The average molecular weight is 1260 g/mol. The molecule has 13 nitrogen and oxygen atoms in total. The topological polar surface area (TPSA) is 133 Å². The normalized spacial score (nSPS) is 13.9. The molecule has 0 amide bonds. The molecule has 9 aromatic rings. The highest BCUT2D eigenvalue weighted by Gasteiger charge is 2.40. The molecule has 3 unspecified atom stereocenters. The molecule has 0 N–H and O–H groups in total. The third-order valence-corrected chi connectivity index (χ3v) is 22.7. The van der Waals surface area contributed by atoms with E-state index in [0.717, 1.165) is 33.4 Å². The lowest BCUT2D eigenvalue weighted by molar-refractivity contribution is 0.305. The Kier molecular flexibility index (Phi) is 21.9. The molecule has 0 aromatic heterocycles. The molecule has 9 rings (SSSR count). The van der Waals surface area contributed by atoms with Crippen molar-refractivity contribution in [2.45, 2.75) is 0 Å². The zero-order chi connectivity index (χ0) is 62.7. The first-order chi connectivity index (χ1) is 43.2. The number of hydrogen-bond acceptors (Lipinski definition) is 10. The van der Waals surface area contributed by atoms with Gasteiger partial charge >= 0.3 is 23.2 Å². The van der Waals surface area contributed by atoms with E-state index in [1.807, 2.05) is 127 Å². The van der Waals surface area contributed by atoms with Crippen molar-refractivity contribution in [1.29, 1.82) is 0 Å². The lowest BCUT2D eigenvalue weighted by Crippen LogP contribution is -2.27. The molecule has 89 heavy (non-hydrogen) atoms. The summed E-state index contributed by atoms with van der Waals surface area (Å²) < 4.78 is 104. The Bertz CT molecular complexity index is 3600. The van der Waals surface area contributed by atoms with Crippen LogP contribution in [0.25, 0.3) is 33.4 Å². The van der Waals surface area contributed by atoms with E-state index in [1.54, 1.807) is 146 Å². The second-order valence-corrected chi connectivity index (χ2v) is 28.4. The van der Waals surface area contributed by atoms with E-state index < -0.39 is 30.4 Å². The quantitative estimate of drug-likeness (QED) is 0.0286. The van der Waals surface area contributed by atoms with Crippen molar-refractivity contribution in [3.8, 4) is 67.9 Å². The Morgan fingerprint density at radius 3 is 0.596 bits per heavy atom. The van der Waals surface area contributed by atoms with Gasteiger partial charge in [-0.2, -0.15) is 14.0 Å². The van der Waals surface area contributed by atoms with Crippen LogP contribution >= 0.6 is 30.4 Å². The first-order valence-corrected chi connectivity index (χ1v) is 34.7. The molecule has 0 fully saturated rings. The van der Waals surface area contributed by atoms with Crippen molar-refractivity contribution in [2.75, 3.05) is 39.3 Å². The highest BCUT2D eigenvalue weighted by atomic mass is 31.2. The average Bonchev–Trinajstić information content (AvgIpc) is 1.41. The van der Waals surface area contributed by atoms with Crippen LogP contribution in [0, 0.1) is 0 Å². The fourth-order valence-electron chi connectivity index (χ4n) is 9.53. The van der Waals surface area contributed by atoms with Gasteiger partial charge in [0.15, 0.2) is 7.14 Å². The molecular formula is C72H69N3O10P4. The third-order valence-electron chi connectivity index (χ3n) is 13.9. The molecule has 9 aromatic carbocycles. The summed E-state index contributed by atoms with van der Waals surface area (Å²) in [5, 5.41) is 1.04. The Morgan fingerprint density at radius 2 is 0.416 bits per heavy atom. The van der Waals surface area contributed by atoms with Crippen molar-refractivity contribution >= 4 is 46.3 Å². The molecule has 0 heterocycles. The SMILES string of the molecule is C=CCN(CC=C)P(=O)(Oc1ccc(-c2ccccc2)cc1)Oc1ccc(P(=O)(c2ccc(OP(=O)(Oc3ccc(-c4ccccc4)cc3)N(CC=C)CC=C)cc2)c2ccc(OP(=O)(Oc3ccc(-c4ccccc4)cc3)N(CC=C)CC=C)cc2)cc1. The fourth-order valence-corrected chi connectivity index (χ4v) is 17.2. The Hall–Kier alpha value is -8.98. The van der Waals surface area contributed by atoms with Crippen LogP contribution in [0.15, 0.2) is 313 Å². The van der Waals surface area contributed by atoms with Crippen molar-refractivity contribution in [3.05, 3.63) is 313 Å². The minimum Gasteiger partial charge on any atom is -0.404 e. The number of nitrogens with zero attached hydrogens (tertiary/aromatic N) is 3. The Labute approximate surface area is 522 Å². The van der Waals surface area contributed by atoms with Crippen LogP contribution in [0.5, 0.6) is 34.5 Å². The van der Waals surface area contributed by atoms with Crippen LogP contribution in [-0.4, -0.2) is 53.3 Å². The van der Waals surface area contributed by atoms with E-state index in [-0.39, 0.29) is 56.5 Å². The van der Waals surface area contributed by atoms with Crippen LogP contribution < -0.4 is 43.1 Å². The van der Waals surface area contributed by atoms with E-state index in [2.05, 4.69) is 39.5 Å². The second kappa shape index (κ2) is 30.3. The maximum absolute atomic E-state index is 16.5. The third kappa shape index (κ3) is 16.0. The van der Waals surface area contributed by atoms with Gasteiger partial charge < -0.3 is 31.7 Å². The van der Waals surface area contributed by atoms with Gasteiger partial charge in [-0.15, -0.1) is 39.5 Å². The van der Waals surface area contributed by atoms with Crippen LogP contribution in [0.2, 0.25) is 0 Å². The maximum Gasteiger partial charge on any atom is 0.516 e. The summed E-state index contributed by atoms with van der Waals surface area (Å²) in [6, 6.07) is 70.5. The highest BCUT2D eigenvalue weighted by Crippen LogP contribution is 2.56. The minimum atomic E-state index is -4.22. The molecule has 0 saturated heterocycles. The van der Waals surface area contributed by atoms with Crippen LogP contribution in [0.3, 0.4) is 0 Å². The molecule has 0 radical (unpaired) electrons. The summed E-state index contributed by atoms with van der Waals surface area (Å²) in [4.78, 5) is 0. The van der Waals surface area contributed by atoms with E-state index in [0.29, 0.717) is 33.2 Å². The standard InChI is InChI=1S/C72H69N3O10P4/c1-7-52-73(53-8-2)87(77,80-64-34-28-61(29-35-64)58-22-16-13-17-23-58)83-67-40-46-70(47-41-67)86(76,71-48-42-68(43-49-71)84-88(78,74(54-9-3)55-10-4)81-65-36-30-62(31-37-65)59-24-18-14-19-25-59)72-50-44-69(45-51-72)85-89(79,75(56-11-5)57-12-6)82-66-38-32-63(33-39-66)60-26-20-15-21-27-60/h7-51H,1-6,52-57H2. The maximum atomic E-state index is 16.5. The smallest absolute Gasteiger partial charge is 0.404 e. The lowest BCUT2D eigenvalue weighted by atomic mass is 10.1. The summed E-state index contributed by atoms with van der Waals surface area (Å²) >= 11 is 0. The fraction of sp³-hybridized carbons (Fsp3) is 0.0833. The largest absolute Gasteiger partial charge is 0.516 e. The van der Waals surface area contributed by atoms with Gasteiger partial charge in [0, 0.05) is 55.2 Å². The molecule has 452 valence electrons. The molecule has 0 aliphatic carbocycles. The summed E-state index contributed by atoms with van der Waals surface area (Å²) in [6.07, 6.45) is 9.57. The van der Waals surface area contributed by atoms with Crippen LogP contribution in [0.1, 0.15) is 0 Å². The first-order valence-electron chi connectivity index (χ1n) is 28.5. The molecule has 0 aliphatic rings. The van der Waals surface area contributed by atoms with Gasteiger partial charge in [-0.25, -0.2) is 13.7 Å². The molecule has 0 saturated carbocycles. The van der Waals surface area contributed by atoms with Gasteiger partial charge in [0.25, 0.3) is 0 Å². The van der Waals surface area contributed by atoms with Crippen molar-refractivity contribution in [1.82, 2.24) is 14.0 Å². The summed E-state index contributed by atoms with van der Waals surface area (Å²) in [5.41, 5.74) is 5.83. The van der Waals surface area contributed by atoms with Gasteiger partial charge in [-0.05, 0) is 143 Å². The van der Waals surface area contributed by atoms with Crippen molar-refractivity contribution < 1.29 is 45.4 Å². The molecule has 0 aliphatic heterocycles. The van der Waals surface area contributed by atoms with Crippen LogP contribution in [-0.2, 0) is 18.3 Å². The zero-order valence-corrected chi connectivity index (χ0v) is 52.8. The van der Waals surface area contributed by atoms with Gasteiger partial charge in [0.2, 0.25) is 0 Å². The highest BCUT2D eigenvalue weighted by molar-refractivity contribution is 7.85. The van der Waals surface area contributed by atoms with E-state index in [4.69, 9.17) is 27.1 Å². The molecule has 0 bridgehead atoms. The Balaban J connectivity index is 1.07. The molecule has 17 heteroatoms. The minimum absolute atomic E-state index is 0.131. The van der Waals surface area contributed by atoms with E-state index >= 15 is 18.3 Å². The van der Waals surface area contributed by atoms with Gasteiger partial charge in [-0.1, -0.05) is 164 Å². The van der Waals surface area contributed by atoms with Gasteiger partial charge in [0.1, 0.15) is 34.5 Å². The zero-order valence-electron chi connectivity index (χ0n) is 49.2. The van der Waals surface area contributed by atoms with Crippen molar-refractivity contribution in [2.24, 2.45) is 0 Å². The molecule has 3 atom stereocenters. The van der Waals surface area contributed by atoms with Gasteiger partial charge in [0.05, 0.1) is 0 Å². The van der Waals surface area contributed by atoms with E-state index in [1.165, 1.54) is 14.0 Å². The molecule has 0 spiro atoms. The van der Waals surface area contributed by atoms with Gasteiger partial charge in [-0.3, -0.25) is 0 Å². The van der Waals surface area contributed by atoms with Crippen molar-refractivity contribution in [3.63, 3.8) is 0 Å². The lowest BCUT2D eigenvalue weighted by Gasteiger charge is -2.29. The number of hydrogen-bond donors (Lipinski definition) is 0. The molecular weight excluding hydrogens is 1190 g/mol. The monoisotopic (exact) mass is 1260 g/mol. The second-order valence-electron chi connectivity index (χ2n) is 20.1. The van der Waals surface area contributed by atoms with Crippen LogP contribution in [0.4, 0.5) is 0 Å². The summed E-state index contributed by atoms with van der Waals surface area (Å²) in [7, 11) is -16.6. The Morgan fingerprint density at radius 1 is 0.247 bits per heavy atom. The first kappa shape index (κ1) is 64.5. The predicted octanol–water partition coefficient (Wildman–Crippen LogP) is 18.0. The summed E-state index contributed by atoms with van der Waals surface area (Å²) in [6.45, 7) is 24.1. The number of benzene rings is 9. The van der Waals surface area contributed by atoms with E-state index in [9.17, 15) is 0 Å². The number of rotatable bonds is 33.